The maximum Gasteiger partial charge on any atom is 0.152 e. The number of nitrogens with zero attached hydrogens (tertiary/aromatic N) is 5. The molecule has 1 unspecified atom stereocenters. The minimum atomic E-state index is 0.0982. The number of amidine groups is 1. The van der Waals surface area contributed by atoms with Crippen LogP contribution in [0.2, 0.25) is 0 Å². The number of aryl methyl sites for hydroxylation is 3. The molecule has 0 radical (unpaired) electrons. The molecule has 0 aliphatic rings. The second-order valence-electron chi connectivity index (χ2n) is 10.3. The highest BCUT2D eigenvalue weighted by Gasteiger charge is 2.22. The van der Waals surface area contributed by atoms with Crippen molar-refractivity contribution in [2.45, 2.75) is 47.6 Å². The Morgan fingerprint density at radius 3 is 2.42 bits per heavy atom. The number of hydrogen-bond acceptors (Lipinski definition) is 7. The van der Waals surface area contributed by atoms with Crippen LogP contribution in [0.15, 0.2) is 57.0 Å². The quantitative estimate of drug-likeness (QED) is 0.177. The highest BCUT2D eigenvalue weighted by atomic mass is 16.5. The van der Waals surface area contributed by atoms with Crippen molar-refractivity contribution in [1.29, 1.82) is 0 Å². The number of anilines is 1. The van der Waals surface area contributed by atoms with Crippen LogP contribution in [-0.2, 0) is 0 Å². The number of H-pyrrole nitrogens is 1. The van der Waals surface area contributed by atoms with Crippen LogP contribution in [0.5, 0.6) is 5.75 Å². The summed E-state index contributed by atoms with van der Waals surface area (Å²) in [6.45, 7) is 12.2. The second-order valence-corrected chi connectivity index (χ2v) is 10.3. The molecule has 0 amide bonds. The van der Waals surface area contributed by atoms with Gasteiger partial charge in [0.2, 0.25) is 0 Å². The van der Waals surface area contributed by atoms with E-state index in [2.05, 4.69) is 47.3 Å². The van der Waals surface area contributed by atoms with E-state index in [1.54, 1.807) is 14.2 Å². The van der Waals surface area contributed by atoms with Gasteiger partial charge < -0.3 is 19.6 Å². The summed E-state index contributed by atoms with van der Waals surface area (Å²) < 4.78 is 11.3. The van der Waals surface area contributed by atoms with E-state index in [-0.39, 0.29) is 6.04 Å². The average molecular weight is 538 g/mol. The van der Waals surface area contributed by atoms with Crippen LogP contribution in [0.25, 0.3) is 33.1 Å². The number of aromatic nitrogens is 4. The molecule has 40 heavy (non-hydrogen) atoms. The molecule has 0 aliphatic carbocycles. The van der Waals surface area contributed by atoms with Crippen molar-refractivity contribution in [1.82, 2.24) is 20.1 Å². The number of rotatable bonds is 7. The van der Waals surface area contributed by atoms with Gasteiger partial charge in [0.15, 0.2) is 5.84 Å². The fourth-order valence-electron chi connectivity index (χ4n) is 4.81. The maximum absolute atomic E-state index is 5.85. The number of benzene rings is 2. The SMILES string of the molecule is C/N=C(Nc1nc(C)nc2[nH]c3cc(-c4c(C)noc4C)c(OC)cc3c12)/C(=N\C(C)C(C)C)c1ccccc1. The highest BCUT2D eigenvalue weighted by Crippen LogP contribution is 2.40. The molecule has 2 N–H and O–H groups in total. The molecule has 9 heteroatoms. The molecule has 0 bridgehead atoms. The van der Waals surface area contributed by atoms with Crippen LogP contribution in [0.1, 0.15) is 43.6 Å². The average Bonchev–Trinajstić information content (AvgIpc) is 3.47. The molecule has 0 spiro atoms. The summed E-state index contributed by atoms with van der Waals surface area (Å²) in [7, 11) is 3.43. The molecule has 2 aromatic carbocycles. The molecule has 3 aromatic heterocycles. The molecule has 206 valence electrons. The lowest BCUT2D eigenvalue weighted by Gasteiger charge is -2.17. The lowest BCUT2D eigenvalue weighted by molar-refractivity contribution is 0.393. The third-order valence-electron chi connectivity index (χ3n) is 7.22. The summed E-state index contributed by atoms with van der Waals surface area (Å²) in [5.41, 5.74) is 6.00. The maximum atomic E-state index is 5.85. The zero-order chi connectivity index (χ0) is 28.6. The lowest BCUT2D eigenvalue weighted by atomic mass is 10.0. The van der Waals surface area contributed by atoms with Crippen LogP contribution in [0, 0.1) is 26.7 Å². The topological polar surface area (TPSA) is 114 Å². The highest BCUT2D eigenvalue weighted by molar-refractivity contribution is 6.51. The van der Waals surface area contributed by atoms with Crippen LogP contribution in [-0.4, -0.2) is 51.9 Å². The molecule has 5 aromatic rings. The van der Waals surface area contributed by atoms with Crippen LogP contribution in [0.4, 0.5) is 5.82 Å². The Kier molecular flexibility index (Phi) is 7.38. The van der Waals surface area contributed by atoms with E-state index < -0.39 is 0 Å². The van der Waals surface area contributed by atoms with Gasteiger partial charge in [0.1, 0.15) is 34.5 Å². The Hall–Kier alpha value is -4.53. The third-order valence-corrected chi connectivity index (χ3v) is 7.22. The molecule has 3 heterocycles. The van der Waals surface area contributed by atoms with E-state index in [1.165, 1.54) is 0 Å². The van der Waals surface area contributed by atoms with Crippen LogP contribution in [0.3, 0.4) is 0 Å². The van der Waals surface area contributed by atoms with Crippen molar-refractivity contribution >= 4 is 39.3 Å². The van der Waals surface area contributed by atoms with E-state index in [4.69, 9.17) is 24.2 Å². The fourth-order valence-corrected chi connectivity index (χ4v) is 4.81. The second kappa shape index (κ2) is 10.9. The molecule has 0 saturated heterocycles. The van der Waals surface area contributed by atoms with Gasteiger partial charge in [-0.1, -0.05) is 49.3 Å². The molecule has 5 rings (SSSR count). The van der Waals surface area contributed by atoms with E-state index in [0.29, 0.717) is 34.8 Å². The zero-order valence-corrected chi connectivity index (χ0v) is 24.2. The Bertz CT molecular complexity index is 1730. The third kappa shape index (κ3) is 4.95. The lowest BCUT2D eigenvalue weighted by Crippen LogP contribution is -2.27. The number of methoxy groups -OCH3 is 1. The minimum Gasteiger partial charge on any atom is -0.496 e. The largest absolute Gasteiger partial charge is 0.496 e. The first-order valence-electron chi connectivity index (χ1n) is 13.4. The van der Waals surface area contributed by atoms with Crippen LogP contribution >= 0.6 is 0 Å². The van der Waals surface area contributed by atoms with Gasteiger partial charge in [-0.2, -0.15) is 0 Å². The van der Waals surface area contributed by atoms with Crippen molar-refractivity contribution in [3.05, 3.63) is 65.3 Å². The van der Waals surface area contributed by atoms with Crippen molar-refractivity contribution in [2.24, 2.45) is 15.9 Å². The smallest absolute Gasteiger partial charge is 0.152 e. The number of ether oxygens (including phenoxy) is 1. The van der Waals surface area contributed by atoms with E-state index in [1.807, 2.05) is 57.2 Å². The first kappa shape index (κ1) is 27.1. The summed E-state index contributed by atoms with van der Waals surface area (Å²) in [6.07, 6.45) is 0. The number of fused-ring (bicyclic) bond motifs is 3. The number of hydrogen-bond donors (Lipinski definition) is 2. The fraction of sp³-hybridized carbons (Fsp3) is 0.323. The first-order valence-corrected chi connectivity index (χ1v) is 13.4. The Morgan fingerprint density at radius 2 is 1.80 bits per heavy atom. The Labute approximate surface area is 233 Å². The van der Waals surface area contributed by atoms with E-state index in [9.17, 15) is 0 Å². The van der Waals surface area contributed by atoms with Crippen molar-refractivity contribution in [3.8, 4) is 16.9 Å². The molecular formula is C31H35N7O2. The predicted molar refractivity (Wildman–Crippen MR) is 162 cm³/mol. The Balaban J connectivity index is 1.68. The van der Waals surface area contributed by atoms with Crippen molar-refractivity contribution < 1.29 is 9.26 Å². The van der Waals surface area contributed by atoms with Gasteiger partial charge >= 0.3 is 0 Å². The summed E-state index contributed by atoms with van der Waals surface area (Å²) in [5, 5.41) is 9.41. The van der Waals surface area contributed by atoms with Gasteiger partial charge in [0.25, 0.3) is 0 Å². The predicted octanol–water partition coefficient (Wildman–Crippen LogP) is 6.67. The van der Waals surface area contributed by atoms with Gasteiger partial charge in [-0.25, -0.2) is 9.97 Å². The molecule has 0 fully saturated rings. The van der Waals surface area contributed by atoms with Gasteiger partial charge in [0.05, 0.1) is 29.8 Å². The van der Waals surface area contributed by atoms with E-state index in [0.717, 1.165) is 50.1 Å². The summed E-state index contributed by atoms with van der Waals surface area (Å²) in [4.78, 5) is 22.7. The van der Waals surface area contributed by atoms with Gasteiger partial charge in [0, 0.05) is 29.1 Å². The first-order chi connectivity index (χ1) is 19.2. The number of nitrogens with one attached hydrogen (secondary N) is 2. The van der Waals surface area contributed by atoms with E-state index >= 15 is 0 Å². The zero-order valence-electron chi connectivity index (χ0n) is 24.2. The molecule has 0 saturated carbocycles. The minimum absolute atomic E-state index is 0.0982. The van der Waals surface area contributed by atoms with Crippen molar-refractivity contribution in [2.75, 3.05) is 19.5 Å². The monoisotopic (exact) mass is 537 g/mol. The van der Waals surface area contributed by atoms with Gasteiger partial charge in [-0.05, 0) is 45.7 Å². The summed E-state index contributed by atoms with van der Waals surface area (Å²) >= 11 is 0. The molecular weight excluding hydrogens is 502 g/mol. The number of aliphatic imine (C=N–C) groups is 2. The molecule has 9 nitrogen and oxygen atoms in total. The Morgan fingerprint density at radius 1 is 1.05 bits per heavy atom. The van der Waals surface area contributed by atoms with Crippen molar-refractivity contribution in [3.63, 3.8) is 0 Å². The number of aromatic amines is 1. The normalized spacial score (nSPS) is 13.4. The summed E-state index contributed by atoms with van der Waals surface area (Å²) in [5.74, 6) is 3.71. The standard InChI is InChI=1S/C31H35N7O2/c1-16(2)17(3)33-28(21-12-10-9-11-13-21)31(32-7)37-30-27-22-15-25(39-8)23(26-18(4)38-40-19(26)5)14-24(22)36-29(27)34-20(6)35-30/h9-17H,1-8H3,(H2,32,34,35,36,37)/b33-28-. The van der Waals surface area contributed by atoms with Gasteiger partial charge in [-0.3, -0.25) is 9.98 Å². The summed E-state index contributed by atoms with van der Waals surface area (Å²) in [6, 6.07) is 14.3. The van der Waals surface area contributed by atoms with Gasteiger partial charge in [-0.15, -0.1) is 0 Å². The van der Waals surface area contributed by atoms with Crippen LogP contribution < -0.4 is 10.1 Å². The molecule has 0 aliphatic heterocycles. The molecule has 1 atom stereocenters.